The molecule has 0 spiro atoms. The number of sulfonamides is 1. The van der Waals surface area contributed by atoms with Crippen molar-refractivity contribution >= 4 is 22.0 Å². The summed E-state index contributed by atoms with van der Waals surface area (Å²) < 4.78 is 27.8. The summed E-state index contributed by atoms with van der Waals surface area (Å²) in [6.45, 7) is 1.91. The van der Waals surface area contributed by atoms with Gasteiger partial charge in [0, 0.05) is 5.57 Å². The van der Waals surface area contributed by atoms with Crippen molar-refractivity contribution in [3.8, 4) is 0 Å². The molecule has 2 aliphatic rings. The van der Waals surface area contributed by atoms with Crippen molar-refractivity contribution < 1.29 is 13.2 Å². The predicted octanol–water partition coefficient (Wildman–Crippen LogP) is 4.48. The van der Waals surface area contributed by atoms with Crippen LogP contribution in [-0.4, -0.2) is 24.7 Å². The Morgan fingerprint density at radius 2 is 1.71 bits per heavy atom. The highest BCUT2D eigenvalue weighted by atomic mass is 32.2. The minimum atomic E-state index is -3.92. The molecule has 1 unspecified atom stereocenters. The topological polar surface area (TPSA) is 54.5 Å². The Bertz CT molecular complexity index is 1050. The molecule has 144 valence electrons. The van der Waals surface area contributed by atoms with Crippen LogP contribution in [0.1, 0.15) is 36.8 Å². The van der Waals surface area contributed by atoms with Crippen molar-refractivity contribution in [2.75, 3.05) is 0 Å². The Hall–Kier alpha value is -2.66. The Labute approximate surface area is 166 Å². The number of benzene rings is 2. The van der Waals surface area contributed by atoms with Crippen LogP contribution >= 0.6 is 0 Å². The lowest BCUT2D eigenvalue weighted by Crippen LogP contribution is -2.47. The summed E-state index contributed by atoms with van der Waals surface area (Å²) in [4.78, 5) is 13.3. The van der Waals surface area contributed by atoms with E-state index in [1.165, 1.54) is 0 Å². The van der Waals surface area contributed by atoms with Gasteiger partial charge in [-0.25, -0.2) is 12.7 Å². The second-order valence-electron chi connectivity index (χ2n) is 7.40. The van der Waals surface area contributed by atoms with Gasteiger partial charge in [0.05, 0.1) is 10.9 Å². The van der Waals surface area contributed by atoms with Gasteiger partial charge < -0.3 is 0 Å². The third-order valence-corrected chi connectivity index (χ3v) is 7.26. The van der Waals surface area contributed by atoms with Crippen molar-refractivity contribution in [1.82, 2.24) is 4.31 Å². The van der Waals surface area contributed by atoms with E-state index >= 15 is 0 Å². The highest BCUT2D eigenvalue weighted by Gasteiger charge is 2.42. The Balaban J connectivity index is 1.75. The van der Waals surface area contributed by atoms with E-state index < -0.39 is 16.1 Å². The Morgan fingerprint density at radius 1 is 1.00 bits per heavy atom. The Kier molecular flexibility index (Phi) is 4.94. The maximum Gasteiger partial charge on any atom is 0.267 e. The molecular weight excluding hydrogens is 370 g/mol. The fourth-order valence-corrected chi connectivity index (χ4v) is 5.49. The SMILES string of the molecule is Cc1ccc(S(=O)(=O)N2C(=O)C3=C(CCC3)CC2/C=C/c2ccccc2)cc1. The molecule has 1 atom stereocenters. The fourth-order valence-electron chi connectivity index (χ4n) is 3.95. The molecule has 0 saturated heterocycles. The molecule has 5 heteroatoms. The third-order valence-electron chi connectivity index (χ3n) is 5.44. The van der Waals surface area contributed by atoms with Gasteiger partial charge in [-0.1, -0.05) is 65.8 Å². The average Bonchev–Trinajstić information content (AvgIpc) is 3.16. The quantitative estimate of drug-likeness (QED) is 0.770. The van der Waals surface area contributed by atoms with E-state index in [4.69, 9.17) is 0 Å². The van der Waals surface area contributed by atoms with Gasteiger partial charge in [-0.2, -0.15) is 0 Å². The van der Waals surface area contributed by atoms with Gasteiger partial charge in [-0.15, -0.1) is 0 Å². The molecular formula is C23H23NO3S. The number of carbonyl (C=O) groups excluding carboxylic acids is 1. The van der Waals surface area contributed by atoms with Crippen LogP contribution in [0, 0.1) is 6.92 Å². The first-order chi connectivity index (χ1) is 13.5. The summed E-state index contributed by atoms with van der Waals surface area (Å²) in [7, 11) is -3.92. The van der Waals surface area contributed by atoms with Crippen LogP contribution in [0.5, 0.6) is 0 Å². The summed E-state index contributed by atoms with van der Waals surface area (Å²) in [5, 5.41) is 0. The Morgan fingerprint density at radius 3 is 2.43 bits per heavy atom. The summed E-state index contributed by atoms with van der Waals surface area (Å²) in [6.07, 6.45) is 6.80. The fraction of sp³-hybridized carbons (Fsp3) is 0.261. The van der Waals surface area contributed by atoms with Gasteiger partial charge in [0.2, 0.25) is 0 Å². The molecule has 2 aromatic rings. The third kappa shape index (κ3) is 3.42. The molecule has 1 aliphatic heterocycles. The zero-order chi connectivity index (χ0) is 19.7. The lowest BCUT2D eigenvalue weighted by atomic mass is 9.96. The van der Waals surface area contributed by atoms with E-state index in [2.05, 4.69) is 0 Å². The number of carbonyl (C=O) groups is 1. The molecule has 28 heavy (non-hydrogen) atoms. The standard InChI is InChI=1S/C23H23NO3S/c1-17-10-14-21(15-11-17)28(26,27)24-20(13-12-18-6-3-2-4-7-18)16-19-8-5-9-22(19)23(24)25/h2-4,6-7,10-15,20H,5,8-9,16H2,1H3/b13-12+. The van der Waals surface area contributed by atoms with Crippen LogP contribution in [-0.2, 0) is 14.8 Å². The zero-order valence-corrected chi connectivity index (χ0v) is 16.7. The molecule has 0 N–H and O–H groups in total. The molecule has 0 bridgehead atoms. The van der Waals surface area contributed by atoms with Gasteiger partial charge in [0.15, 0.2) is 0 Å². The largest absolute Gasteiger partial charge is 0.268 e. The van der Waals surface area contributed by atoms with Crippen LogP contribution in [0.3, 0.4) is 0 Å². The molecule has 4 rings (SSSR count). The van der Waals surface area contributed by atoms with Crippen molar-refractivity contribution in [1.29, 1.82) is 0 Å². The van der Waals surface area contributed by atoms with Crippen LogP contribution in [0.4, 0.5) is 0 Å². The number of nitrogens with zero attached hydrogens (tertiary/aromatic N) is 1. The molecule has 0 aromatic heterocycles. The monoisotopic (exact) mass is 393 g/mol. The normalized spacial score (nSPS) is 20.1. The molecule has 4 nitrogen and oxygen atoms in total. The van der Waals surface area contributed by atoms with E-state index in [1.54, 1.807) is 24.3 Å². The minimum Gasteiger partial charge on any atom is -0.268 e. The second-order valence-corrected chi connectivity index (χ2v) is 9.21. The molecule has 0 radical (unpaired) electrons. The lowest BCUT2D eigenvalue weighted by Gasteiger charge is -2.34. The summed E-state index contributed by atoms with van der Waals surface area (Å²) in [6, 6.07) is 15.9. The van der Waals surface area contributed by atoms with Gasteiger partial charge in [-0.05, 0) is 50.3 Å². The van der Waals surface area contributed by atoms with E-state index in [1.807, 2.05) is 49.4 Å². The number of aryl methyl sites for hydroxylation is 1. The molecule has 1 heterocycles. The highest BCUT2D eigenvalue weighted by molar-refractivity contribution is 7.89. The van der Waals surface area contributed by atoms with Crippen molar-refractivity contribution in [2.45, 2.75) is 43.5 Å². The number of hydrogen-bond acceptors (Lipinski definition) is 3. The first-order valence-electron chi connectivity index (χ1n) is 9.56. The van der Waals surface area contributed by atoms with E-state index in [0.29, 0.717) is 18.4 Å². The van der Waals surface area contributed by atoms with Gasteiger partial charge in [-0.3, -0.25) is 4.79 Å². The van der Waals surface area contributed by atoms with Crippen molar-refractivity contribution in [3.05, 3.63) is 82.9 Å². The second kappa shape index (κ2) is 7.40. The zero-order valence-electron chi connectivity index (χ0n) is 15.8. The van der Waals surface area contributed by atoms with E-state index in [-0.39, 0.29) is 10.8 Å². The van der Waals surface area contributed by atoms with Crippen molar-refractivity contribution in [3.63, 3.8) is 0 Å². The first kappa shape index (κ1) is 18.7. The molecule has 2 aromatic carbocycles. The minimum absolute atomic E-state index is 0.159. The summed E-state index contributed by atoms with van der Waals surface area (Å²) in [5.41, 5.74) is 3.77. The lowest BCUT2D eigenvalue weighted by molar-refractivity contribution is -0.124. The smallest absolute Gasteiger partial charge is 0.267 e. The average molecular weight is 394 g/mol. The van der Waals surface area contributed by atoms with Gasteiger partial charge in [0.1, 0.15) is 0 Å². The first-order valence-corrected chi connectivity index (χ1v) is 11.0. The summed E-state index contributed by atoms with van der Waals surface area (Å²) in [5.74, 6) is -0.359. The molecule has 1 amide bonds. The molecule has 0 fully saturated rings. The number of hydrogen-bond donors (Lipinski definition) is 0. The van der Waals surface area contributed by atoms with E-state index in [9.17, 15) is 13.2 Å². The maximum absolute atomic E-state index is 13.4. The maximum atomic E-state index is 13.4. The van der Waals surface area contributed by atoms with Crippen LogP contribution in [0.25, 0.3) is 6.08 Å². The van der Waals surface area contributed by atoms with E-state index in [0.717, 1.165) is 33.8 Å². The molecule has 1 aliphatic carbocycles. The van der Waals surface area contributed by atoms with Crippen LogP contribution in [0.15, 0.2) is 76.7 Å². The number of rotatable bonds is 4. The number of amides is 1. The highest BCUT2D eigenvalue weighted by Crippen LogP contribution is 2.39. The molecule has 0 saturated carbocycles. The predicted molar refractivity (Wildman–Crippen MR) is 110 cm³/mol. The van der Waals surface area contributed by atoms with Crippen LogP contribution in [0.2, 0.25) is 0 Å². The summed E-state index contributed by atoms with van der Waals surface area (Å²) >= 11 is 0. The van der Waals surface area contributed by atoms with Gasteiger partial charge in [0.25, 0.3) is 15.9 Å². The van der Waals surface area contributed by atoms with Crippen molar-refractivity contribution in [2.24, 2.45) is 0 Å². The van der Waals surface area contributed by atoms with Gasteiger partial charge >= 0.3 is 0 Å². The van der Waals surface area contributed by atoms with Crippen LogP contribution < -0.4 is 0 Å².